The van der Waals surface area contributed by atoms with Gasteiger partial charge >= 0.3 is 0 Å². The van der Waals surface area contributed by atoms with Crippen LogP contribution in [0.4, 0.5) is 8.78 Å². The van der Waals surface area contributed by atoms with Gasteiger partial charge in [-0.3, -0.25) is 0 Å². The van der Waals surface area contributed by atoms with Crippen LogP contribution in [0.1, 0.15) is 5.69 Å². The van der Waals surface area contributed by atoms with E-state index in [9.17, 15) is 8.78 Å². The van der Waals surface area contributed by atoms with Gasteiger partial charge in [-0.1, -0.05) is 6.07 Å². The SMILES string of the molecule is N#Cc1cnn(-c2c(F)cccc2F)n1. The standard InChI is InChI=1S/C9H4F2N4/c10-7-2-1-3-8(11)9(7)15-13-5-6(4-12)14-15/h1-3,5H. The van der Waals surface area contributed by atoms with Gasteiger partial charge in [0.05, 0.1) is 6.20 Å². The lowest BCUT2D eigenvalue weighted by Crippen LogP contribution is -2.04. The van der Waals surface area contributed by atoms with Gasteiger partial charge in [0.15, 0.2) is 23.0 Å². The lowest BCUT2D eigenvalue weighted by Gasteiger charge is -2.01. The molecule has 2 rings (SSSR count). The fraction of sp³-hybridized carbons (Fsp3) is 0. The molecule has 0 spiro atoms. The normalized spacial score (nSPS) is 9.93. The van der Waals surface area contributed by atoms with E-state index in [1.807, 2.05) is 0 Å². The van der Waals surface area contributed by atoms with E-state index >= 15 is 0 Å². The molecule has 6 heteroatoms. The van der Waals surface area contributed by atoms with Crippen LogP contribution in [0.3, 0.4) is 0 Å². The van der Waals surface area contributed by atoms with Crippen molar-refractivity contribution in [3.63, 3.8) is 0 Å². The first kappa shape index (κ1) is 9.27. The molecule has 0 saturated heterocycles. The van der Waals surface area contributed by atoms with E-state index in [1.165, 1.54) is 6.07 Å². The molecule has 0 bridgehead atoms. The van der Waals surface area contributed by atoms with Crippen LogP contribution in [0.5, 0.6) is 0 Å². The van der Waals surface area contributed by atoms with E-state index < -0.39 is 11.6 Å². The predicted octanol–water partition coefficient (Wildman–Crippen LogP) is 1.42. The summed E-state index contributed by atoms with van der Waals surface area (Å²) in [5, 5.41) is 15.7. The van der Waals surface area contributed by atoms with Gasteiger partial charge < -0.3 is 0 Å². The summed E-state index contributed by atoms with van der Waals surface area (Å²) in [4.78, 5) is 0.753. The molecule has 4 nitrogen and oxygen atoms in total. The average molecular weight is 206 g/mol. The third-order valence-electron chi connectivity index (χ3n) is 1.74. The van der Waals surface area contributed by atoms with Crippen LogP contribution in [-0.4, -0.2) is 15.0 Å². The molecule has 15 heavy (non-hydrogen) atoms. The summed E-state index contributed by atoms with van der Waals surface area (Å²) in [7, 11) is 0. The van der Waals surface area contributed by atoms with Crippen molar-refractivity contribution in [2.45, 2.75) is 0 Å². The van der Waals surface area contributed by atoms with Gasteiger partial charge in [-0.2, -0.15) is 10.4 Å². The average Bonchev–Trinajstić information content (AvgIpc) is 2.66. The third-order valence-corrected chi connectivity index (χ3v) is 1.74. The first-order valence-electron chi connectivity index (χ1n) is 3.99. The molecule has 0 radical (unpaired) electrons. The summed E-state index contributed by atoms with van der Waals surface area (Å²) in [6.07, 6.45) is 1.13. The van der Waals surface area contributed by atoms with Gasteiger partial charge in [0.1, 0.15) is 6.07 Å². The first-order valence-corrected chi connectivity index (χ1v) is 3.99. The highest BCUT2D eigenvalue weighted by molar-refractivity contribution is 5.33. The number of para-hydroxylation sites is 1. The molecule has 0 unspecified atom stereocenters. The van der Waals surface area contributed by atoms with Crippen LogP contribution in [0.15, 0.2) is 24.4 Å². The Labute approximate surface area is 83.4 Å². The summed E-state index contributed by atoms with van der Waals surface area (Å²) in [6.45, 7) is 0. The highest BCUT2D eigenvalue weighted by Crippen LogP contribution is 2.15. The van der Waals surface area contributed by atoms with Crippen molar-refractivity contribution in [1.29, 1.82) is 5.26 Å². The van der Waals surface area contributed by atoms with Crippen molar-refractivity contribution in [2.75, 3.05) is 0 Å². The Balaban J connectivity index is 2.59. The number of rotatable bonds is 1. The fourth-order valence-electron chi connectivity index (χ4n) is 1.10. The Morgan fingerprint density at radius 3 is 2.47 bits per heavy atom. The zero-order valence-corrected chi connectivity index (χ0v) is 7.35. The zero-order chi connectivity index (χ0) is 10.8. The van der Waals surface area contributed by atoms with Crippen molar-refractivity contribution < 1.29 is 8.78 Å². The van der Waals surface area contributed by atoms with Crippen molar-refractivity contribution in [3.05, 3.63) is 41.7 Å². The number of benzene rings is 1. The molecule has 1 aromatic heterocycles. The minimum atomic E-state index is -0.782. The van der Waals surface area contributed by atoms with Crippen LogP contribution in [0.25, 0.3) is 5.69 Å². The van der Waals surface area contributed by atoms with Crippen LogP contribution in [-0.2, 0) is 0 Å². The van der Waals surface area contributed by atoms with Crippen LogP contribution < -0.4 is 0 Å². The van der Waals surface area contributed by atoms with Crippen molar-refractivity contribution in [2.24, 2.45) is 0 Å². The quantitative estimate of drug-likeness (QED) is 0.708. The lowest BCUT2D eigenvalue weighted by atomic mass is 10.3. The van der Waals surface area contributed by atoms with Crippen molar-refractivity contribution >= 4 is 0 Å². The van der Waals surface area contributed by atoms with Gasteiger partial charge in [-0.15, -0.1) is 9.90 Å². The molecular formula is C9H4F2N4. The van der Waals surface area contributed by atoms with Gasteiger partial charge in [0, 0.05) is 0 Å². The Morgan fingerprint density at radius 1 is 1.27 bits per heavy atom. The van der Waals surface area contributed by atoms with E-state index in [2.05, 4.69) is 10.2 Å². The van der Waals surface area contributed by atoms with Crippen LogP contribution >= 0.6 is 0 Å². The summed E-state index contributed by atoms with van der Waals surface area (Å²) < 4.78 is 26.5. The second kappa shape index (κ2) is 3.46. The molecule has 0 atom stereocenters. The third kappa shape index (κ3) is 1.55. The van der Waals surface area contributed by atoms with E-state index in [-0.39, 0.29) is 11.4 Å². The second-order valence-corrected chi connectivity index (χ2v) is 2.70. The number of aromatic nitrogens is 3. The molecule has 0 fully saturated rings. The van der Waals surface area contributed by atoms with Gasteiger partial charge in [-0.05, 0) is 12.1 Å². The van der Waals surface area contributed by atoms with Crippen LogP contribution in [0, 0.1) is 23.0 Å². The molecule has 0 aliphatic rings. The zero-order valence-electron chi connectivity index (χ0n) is 7.35. The molecule has 0 amide bonds. The maximum atomic E-state index is 13.2. The number of hydrogen-bond donors (Lipinski definition) is 0. The molecule has 1 aromatic carbocycles. The fourth-order valence-corrected chi connectivity index (χ4v) is 1.10. The molecule has 1 heterocycles. The molecule has 0 saturated carbocycles. The van der Waals surface area contributed by atoms with E-state index in [0.29, 0.717) is 0 Å². The highest BCUT2D eigenvalue weighted by Gasteiger charge is 2.12. The number of hydrogen-bond acceptors (Lipinski definition) is 3. The maximum absolute atomic E-state index is 13.2. The summed E-state index contributed by atoms with van der Waals surface area (Å²) in [5.41, 5.74) is -0.392. The van der Waals surface area contributed by atoms with Crippen LogP contribution in [0.2, 0.25) is 0 Å². The minimum Gasteiger partial charge on any atom is -0.204 e. The molecule has 74 valence electrons. The summed E-state index contributed by atoms with van der Waals surface area (Å²) in [5.74, 6) is -1.56. The Kier molecular flexibility index (Phi) is 2.14. The van der Waals surface area contributed by atoms with Gasteiger partial charge in [-0.25, -0.2) is 8.78 Å². The number of nitriles is 1. The van der Waals surface area contributed by atoms with Gasteiger partial charge in [0.25, 0.3) is 0 Å². The molecule has 0 N–H and O–H groups in total. The van der Waals surface area contributed by atoms with E-state index in [1.54, 1.807) is 6.07 Å². The predicted molar refractivity (Wildman–Crippen MR) is 46.0 cm³/mol. The maximum Gasteiger partial charge on any atom is 0.183 e. The topological polar surface area (TPSA) is 54.5 Å². The molecule has 2 aromatic rings. The lowest BCUT2D eigenvalue weighted by molar-refractivity contribution is 0.544. The minimum absolute atomic E-state index is 0.00217. The molecular weight excluding hydrogens is 202 g/mol. The second-order valence-electron chi connectivity index (χ2n) is 2.70. The Hall–Kier alpha value is -2.29. The Bertz CT molecular complexity index is 521. The number of nitrogens with zero attached hydrogens (tertiary/aromatic N) is 4. The largest absolute Gasteiger partial charge is 0.204 e. The molecule has 0 aliphatic carbocycles. The van der Waals surface area contributed by atoms with E-state index in [4.69, 9.17) is 5.26 Å². The highest BCUT2D eigenvalue weighted by atomic mass is 19.1. The first-order chi connectivity index (χ1) is 7.22. The van der Waals surface area contributed by atoms with Gasteiger partial charge in [0.2, 0.25) is 0 Å². The summed E-state index contributed by atoms with van der Waals surface area (Å²) in [6, 6.07) is 5.14. The molecule has 0 aliphatic heterocycles. The van der Waals surface area contributed by atoms with E-state index in [0.717, 1.165) is 23.1 Å². The smallest absolute Gasteiger partial charge is 0.183 e. The van der Waals surface area contributed by atoms with Crippen molar-refractivity contribution in [1.82, 2.24) is 15.0 Å². The Morgan fingerprint density at radius 2 is 1.93 bits per heavy atom. The monoisotopic (exact) mass is 206 g/mol. The van der Waals surface area contributed by atoms with Crippen molar-refractivity contribution in [3.8, 4) is 11.8 Å². The number of halogens is 2. The summed E-state index contributed by atoms with van der Waals surface area (Å²) >= 11 is 0.